The predicted molar refractivity (Wildman–Crippen MR) is 106 cm³/mol. The highest BCUT2D eigenvalue weighted by atomic mass is 16.5. The SMILES string of the molecule is COC[C@H](C)OC1CCC2NNC(c3cc(N4CC[C@H](CO)C4)ncn3)C2C1. The normalized spacial score (nSPS) is 33.8. The molecule has 3 aliphatic rings. The fourth-order valence-electron chi connectivity index (χ4n) is 4.93. The minimum absolute atomic E-state index is 0.118. The van der Waals surface area contributed by atoms with Crippen LogP contribution in [0.15, 0.2) is 12.4 Å². The zero-order valence-corrected chi connectivity index (χ0v) is 16.9. The van der Waals surface area contributed by atoms with E-state index in [-0.39, 0.29) is 24.9 Å². The maximum Gasteiger partial charge on any atom is 0.132 e. The van der Waals surface area contributed by atoms with Crippen molar-refractivity contribution in [2.75, 3.05) is 38.3 Å². The molecule has 3 heterocycles. The summed E-state index contributed by atoms with van der Waals surface area (Å²) in [4.78, 5) is 11.3. The summed E-state index contributed by atoms with van der Waals surface area (Å²) >= 11 is 0. The fraction of sp³-hybridized carbons (Fsp3) is 0.800. The zero-order valence-electron chi connectivity index (χ0n) is 16.9. The number of rotatable bonds is 7. The largest absolute Gasteiger partial charge is 0.396 e. The minimum atomic E-state index is 0.118. The van der Waals surface area contributed by atoms with E-state index in [1.165, 1.54) is 0 Å². The molecule has 6 atom stereocenters. The molecule has 0 spiro atoms. The van der Waals surface area contributed by atoms with Crippen LogP contribution in [0.4, 0.5) is 5.82 Å². The Balaban J connectivity index is 1.43. The van der Waals surface area contributed by atoms with Crippen molar-refractivity contribution in [3.8, 4) is 0 Å². The van der Waals surface area contributed by atoms with Crippen LogP contribution < -0.4 is 15.8 Å². The van der Waals surface area contributed by atoms with Gasteiger partial charge in [0, 0.05) is 50.8 Å². The quantitative estimate of drug-likeness (QED) is 0.635. The number of nitrogens with one attached hydrogen (secondary N) is 2. The molecule has 1 saturated carbocycles. The second-order valence-corrected chi connectivity index (χ2v) is 8.46. The van der Waals surface area contributed by atoms with Crippen LogP contribution >= 0.6 is 0 Å². The van der Waals surface area contributed by atoms with Crippen molar-refractivity contribution >= 4 is 5.82 Å². The Labute approximate surface area is 167 Å². The molecular weight excluding hydrogens is 358 g/mol. The molecule has 8 heteroatoms. The highest BCUT2D eigenvalue weighted by molar-refractivity contribution is 5.41. The standard InChI is InChI=1S/C20H33N5O3/c1-13(11-27-2)28-15-3-4-17-16(7-15)20(24-23-17)18-8-19(22-12-21-18)25-6-5-14(9-25)10-26/h8,12-17,20,23-24,26H,3-7,9-11H2,1-2H3/t13-,14-,15?,16?,17?,20?/m0/s1. The molecular formula is C20H33N5O3. The van der Waals surface area contributed by atoms with E-state index in [0.717, 1.165) is 50.3 Å². The number of hydrazine groups is 1. The van der Waals surface area contributed by atoms with Gasteiger partial charge in [-0.3, -0.25) is 5.43 Å². The maximum atomic E-state index is 9.41. The van der Waals surface area contributed by atoms with Crippen LogP contribution in [0.25, 0.3) is 0 Å². The lowest BCUT2D eigenvalue weighted by atomic mass is 9.79. The van der Waals surface area contributed by atoms with Crippen molar-refractivity contribution in [3.05, 3.63) is 18.1 Å². The highest BCUT2D eigenvalue weighted by Gasteiger charge is 2.42. The molecule has 1 aromatic heterocycles. The summed E-state index contributed by atoms with van der Waals surface area (Å²) in [5, 5.41) is 9.41. The third-order valence-corrected chi connectivity index (χ3v) is 6.39. The Morgan fingerprint density at radius 2 is 2.18 bits per heavy atom. The van der Waals surface area contributed by atoms with E-state index in [2.05, 4.69) is 38.7 Å². The predicted octanol–water partition coefficient (Wildman–Crippen LogP) is 1.03. The molecule has 2 aliphatic heterocycles. The van der Waals surface area contributed by atoms with Gasteiger partial charge in [0.25, 0.3) is 0 Å². The number of aliphatic hydroxyl groups is 1. The third-order valence-electron chi connectivity index (χ3n) is 6.39. The van der Waals surface area contributed by atoms with Gasteiger partial charge in [-0.1, -0.05) is 0 Å². The molecule has 0 radical (unpaired) electrons. The molecule has 2 saturated heterocycles. The number of hydrogen-bond donors (Lipinski definition) is 3. The maximum absolute atomic E-state index is 9.41. The van der Waals surface area contributed by atoms with Gasteiger partial charge in [-0.2, -0.15) is 0 Å². The van der Waals surface area contributed by atoms with Crippen LogP contribution in [0.5, 0.6) is 0 Å². The number of anilines is 1. The van der Waals surface area contributed by atoms with Crippen LogP contribution in [0, 0.1) is 11.8 Å². The molecule has 4 rings (SSSR count). The number of hydrogen-bond acceptors (Lipinski definition) is 8. The van der Waals surface area contributed by atoms with Gasteiger partial charge in [-0.25, -0.2) is 15.4 Å². The summed E-state index contributed by atoms with van der Waals surface area (Å²) in [7, 11) is 1.72. The van der Waals surface area contributed by atoms with Gasteiger partial charge in [0.15, 0.2) is 0 Å². The molecule has 3 fully saturated rings. The summed E-state index contributed by atoms with van der Waals surface area (Å²) in [6.45, 7) is 4.75. The lowest BCUT2D eigenvalue weighted by Crippen LogP contribution is -2.38. The molecule has 1 aliphatic carbocycles. The number of aliphatic hydroxyl groups excluding tert-OH is 1. The molecule has 3 N–H and O–H groups in total. The van der Waals surface area contributed by atoms with Gasteiger partial charge in [-0.15, -0.1) is 0 Å². The minimum Gasteiger partial charge on any atom is -0.396 e. The van der Waals surface area contributed by atoms with E-state index in [0.29, 0.717) is 24.5 Å². The molecule has 4 unspecified atom stereocenters. The summed E-state index contributed by atoms with van der Waals surface area (Å²) in [6.07, 6.45) is 6.25. The fourth-order valence-corrected chi connectivity index (χ4v) is 4.93. The first-order valence-electron chi connectivity index (χ1n) is 10.5. The van der Waals surface area contributed by atoms with Gasteiger partial charge < -0.3 is 19.5 Å². The molecule has 0 amide bonds. The van der Waals surface area contributed by atoms with Crippen LogP contribution in [0.1, 0.15) is 44.3 Å². The molecule has 0 bridgehead atoms. The number of fused-ring (bicyclic) bond motifs is 1. The van der Waals surface area contributed by atoms with Crippen molar-refractivity contribution in [1.82, 2.24) is 20.8 Å². The highest BCUT2D eigenvalue weighted by Crippen LogP contribution is 2.39. The van der Waals surface area contributed by atoms with E-state index in [4.69, 9.17) is 9.47 Å². The van der Waals surface area contributed by atoms with E-state index in [9.17, 15) is 5.11 Å². The van der Waals surface area contributed by atoms with Crippen LogP contribution in [-0.4, -0.2) is 66.7 Å². The molecule has 0 aromatic carbocycles. The second-order valence-electron chi connectivity index (χ2n) is 8.46. The first kappa shape index (κ1) is 20.0. The summed E-state index contributed by atoms with van der Waals surface area (Å²) in [6, 6.07) is 2.72. The van der Waals surface area contributed by atoms with E-state index >= 15 is 0 Å². The number of methoxy groups -OCH3 is 1. The summed E-state index contributed by atoms with van der Waals surface area (Å²) in [5.41, 5.74) is 7.98. The summed E-state index contributed by atoms with van der Waals surface area (Å²) < 4.78 is 11.4. The smallest absolute Gasteiger partial charge is 0.132 e. The van der Waals surface area contributed by atoms with Crippen molar-refractivity contribution in [1.29, 1.82) is 0 Å². The van der Waals surface area contributed by atoms with Crippen molar-refractivity contribution in [3.63, 3.8) is 0 Å². The third kappa shape index (κ3) is 4.31. The zero-order chi connectivity index (χ0) is 19.5. The topological polar surface area (TPSA) is 91.8 Å². The summed E-state index contributed by atoms with van der Waals surface area (Å²) in [5.74, 6) is 1.75. The van der Waals surface area contributed by atoms with Gasteiger partial charge >= 0.3 is 0 Å². The average Bonchev–Trinajstić information content (AvgIpc) is 3.35. The molecule has 156 valence electrons. The lowest BCUT2D eigenvalue weighted by Gasteiger charge is -2.34. The molecule has 28 heavy (non-hydrogen) atoms. The van der Waals surface area contributed by atoms with Gasteiger partial charge in [0.2, 0.25) is 0 Å². The molecule has 8 nitrogen and oxygen atoms in total. The van der Waals surface area contributed by atoms with Crippen molar-refractivity contribution < 1.29 is 14.6 Å². The van der Waals surface area contributed by atoms with Crippen LogP contribution in [0.2, 0.25) is 0 Å². The van der Waals surface area contributed by atoms with Crippen molar-refractivity contribution in [2.45, 2.75) is 56.9 Å². The Morgan fingerprint density at radius 1 is 1.29 bits per heavy atom. The molecule has 1 aromatic rings. The Kier molecular flexibility index (Phi) is 6.42. The van der Waals surface area contributed by atoms with E-state index < -0.39 is 0 Å². The number of ether oxygens (including phenoxy) is 2. The van der Waals surface area contributed by atoms with E-state index in [1.807, 2.05) is 0 Å². The Hall–Kier alpha value is -1.32. The lowest BCUT2D eigenvalue weighted by molar-refractivity contribution is -0.0623. The van der Waals surface area contributed by atoms with Crippen LogP contribution in [-0.2, 0) is 9.47 Å². The van der Waals surface area contributed by atoms with Gasteiger partial charge in [0.1, 0.15) is 12.1 Å². The van der Waals surface area contributed by atoms with Gasteiger partial charge in [-0.05, 0) is 32.6 Å². The average molecular weight is 392 g/mol. The Morgan fingerprint density at radius 3 is 2.96 bits per heavy atom. The number of nitrogens with zero attached hydrogens (tertiary/aromatic N) is 3. The monoisotopic (exact) mass is 391 g/mol. The van der Waals surface area contributed by atoms with Crippen LogP contribution in [0.3, 0.4) is 0 Å². The van der Waals surface area contributed by atoms with Crippen molar-refractivity contribution in [2.24, 2.45) is 11.8 Å². The van der Waals surface area contributed by atoms with Gasteiger partial charge in [0.05, 0.1) is 30.6 Å². The first-order chi connectivity index (χ1) is 13.7. The van der Waals surface area contributed by atoms with E-state index in [1.54, 1.807) is 13.4 Å². The number of aromatic nitrogens is 2. The second kappa shape index (κ2) is 9.00. The Bertz CT molecular complexity index is 648. The first-order valence-corrected chi connectivity index (χ1v) is 10.5.